The SMILES string of the molecule is Cc1noc(COC2CCCN(C(=O)Cc3c(C)noc3C)C2)n1. The van der Waals surface area contributed by atoms with Gasteiger partial charge in [0.15, 0.2) is 5.82 Å². The number of hydrogen-bond donors (Lipinski definition) is 0. The minimum absolute atomic E-state index is 0.0143. The Morgan fingerprint density at radius 1 is 1.29 bits per heavy atom. The lowest BCUT2D eigenvalue weighted by Crippen LogP contribution is -2.43. The summed E-state index contributed by atoms with van der Waals surface area (Å²) in [7, 11) is 0. The molecule has 3 heterocycles. The first kappa shape index (κ1) is 16.6. The number of carbonyl (C=O) groups is 1. The molecule has 0 radical (unpaired) electrons. The monoisotopic (exact) mass is 334 g/mol. The van der Waals surface area contributed by atoms with E-state index in [1.165, 1.54) is 0 Å². The summed E-state index contributed by atoms with van der Waals surface area (Å²) in [5, 5.41) is 7.64. The fraction of sp³-hybridized carbons (Fsp3) is 0.625. The number of likely N-dealkylation sites (tertiary alicyclic amines) is 1. The highest BCUT2D eigenvalue weighted by atomic mass is 16.5. The molecule has 1 saturated heterocycles. The van der Waals surface area contributed by atoms with Crippen LogP contribution in [0.3, 0.4) is 0 Å². The van der Waals surface area contributed by atoms with Gasteiger partial charge in [-0.05, 0) is 33.6 Å². The molecule has 0 N–H and O–H groups in total. The lowest BCUT2D eigenvalue weighted by Gasteiger charge is -2.32. The summed E-state index contributed by atoms with van der Waals surface area (Å²) in [6, 6.07) is 0. The lowest BCUT2D eigenvalue weighted by atomic mass is 10.1. The smallest absolute Gasteiger partial charge is 0.252 e. The highest BCUT2D eigenvalue weighted by molar-refractivity contribution is 5.79. The summed E-state index contributed by atoms with van der Waals surface area (Å²) in [4.78, 5) is 18.5. The molecule has 1 amide bonds. The fourth-order valence-electron chi connectivity index (χ4n) is 2.91. The average Bonchev–Trinajstić information content (AvgIpc) is 3.13. The number of carbonyl (C=O) groups excluding carboxylic acids is 1. The van der Waals surface area contributed by atoms with Crippen molar-refractivity contribution in [3.8, 4) is 0 Å². The molecule has 0 aromatic carbocycles. The van der Waals surface area contributed by atoms with E-state index in [0.717, 1.165) is 30.6 Å². The van der Waals surface area contributed by atoms with Crippen molar-refractivity contribution < 1.29 is 18.6 Å². The summed E-state index contributed by atoms with van der Waals surface area (Å²) in [5.74, 6) is 1.84. The molecule has 24 heavy (non-hydrogen) atoms. The maximum absolute atomic E-state index is 12.6. The Hall–Kier alpha value is -2.22. The molecule has 3 rings (SSSR count). The standard InChI is InChI=1S/C16H22N4O4/c1-10-14(11(2)23-18-10)7-16(21)20-6-4-5-13(8-20)22-9-15-17-12(3)19-24-15/h13H,4-9H2,1-3H3. The van der Waals surface area contributed by atoms with Crippen LogP contribution in [0.25, 0.3) is 0 Å². The Bertz CT molecular complexity index is 689. The molecule has 0 aliphatic carbocycles. The number of nitrogens with zero attached hydrogens (tertiary/aromatic N) is 4. The van der Waals surface area contributed by atoms with Gasteiger partial charge >= 0.3 is 0 Å². The molecule has 8 heteroatoms. The first-order chi connectivity index (χ1) is 11.5. The van der Waals surface area contributed by atoms with Crippen LogP contribution in [0, 0.1) is 20.8 Å². The van der Waals surface area contributed by atoms with Crippen LogP contribution in [0.5, 0.6) is 0 Å². The van der Waals surface area contributed by atoms with E-state index in [2.05, 4.69) is 15.3 Å². The van der Waals surface area contributed by atoms with Crippen molar-refractivity contribution in [2.75, 3.05) is 13.1 Å². The topological polar surface area (TPSA) is 94.5 Å². The third kappa shape index (κ3) is 3.81. The number of aryl methyl sites for hydroxylation is 3. The number of rotatable bonds is 5. The highest BCUT2D eigenvalue weighted by Crippen LogP contribution is 2.18. The average molecular weight is 334 g/mol. The Labute approximate surface area is 140 Å². The number of piperidine rings is 1. The van der Waals surface area contributed by atoms with E-state index in [-0.39, 0.29) is 18.6 Å². The summed E-state index contributed by atoms with van der Waals surface area (Å²) in [6.45, 7) is 7.06. The van der Waals surface area contributed by atoms with Crippen LogP contribution in [0.1, 0.15) is 41.6 Å². The van der Waals surface area contributed by atoms with Gasteiger partial charge in [-0.15, -0.1) is 0 Å². The number of amides is 1. The zero-order valence-corrected chi connectivity index (χ0v) is 14.2. The summed E-state index contributed by atoms with van der Waals surface area (Å²) >= 11 is 0. The van der Waals surface area contributed by atoms with E-state index >= 15 is 0 Å². The van der Waals surface area contributed by atoms with Gasteiger partial charge in [-0.1, -0.05) is 10.3 Å². The van der Waals surface area contributed by atoms with Crippen LogP contribution in [0.2, 0.25) is 0 Å². The Kier molecular flexibility index (Phi) is 4.94. The van der Waals surface area contributed by atoms with E-state index in [4.69, 9.17) is 13.8 Å². The van der Waals surface area contributed by atoms with E-state index in [1.807, 2.05) is 18.7 Å². The summed E-state index contributed by atoms with van der Waals surface area (Å²) in [6.07, 6.45) is 2.14. The van der Waals surface area contributed by atoms with Crippen molar-refractivity contribution in [2.45, 2.75) is 52.7 Å². The normalized spacial score (nSPS) is 18.1. The molecule has 1 fully saturated rings. The van der Waals surface area contributed by atoms with Crippen LogP contribution in [0.4, 0.5) is 0 Å². The minimum Gasteiger partial charge on any atom is -0.367 e. The van der Waals surface area contributed by atoms with Crippen molar-refractivity contribution in [3.05, 3.63) is 28.7 Å². The van der Waals surface area contributed by atoms with Crippen LogP contribution in [-0.2, 0) is 22.6 Å². The van der Waals surface area contributed by atoms with Crippen LogP contribution in [-0.4, -0.2) is 45.3 Å². The van der Waals surface area contributed by atoms with Crippen LogP contribution in [0.15, 0.2) is 9.05 Å². The first-order valence-electron chi connectivity index (χ1n) is 8.13. The fourth-order valence-corrected chi connectivity index (χ4v) is 2.91. The van der Waals surface area contributed by atoms with E-state index in [9.17, 15) is 4.79 Å². The van der Waals surface area contributed by atoms with Crippen molar-refractivity contribution in [3.63, 3.8) is 0 Å². The van der Waals surface area contributed by atoms with E-state index in [0.29, 0.717) is 30.4 Å². The molecule has 2 aromatic rings. The maximum atomic E-state index is 12.6. The van der Waals surface area contributed by atoms with Crippen LogP contribution < -0.4 is 0 Å². The first-order valence-corrected chi connectivity index (χ1v) is 8.13. The molecular weight excluding hydrogens is 312 g/mol. The minimum atomic E-state index is -0.0143. The van der Waals surface area contributed by atoms with Gasteiger partial charge in [0.25, 0.3) is 5.89 Å². The predicted octanol–water partition coefficient (Wildman–Crippen LogP) is 1.73. The van der Waals surface area contributed by atoms with E-state index < -0.39 is 0 Å². The van der Waals surface area contributed by atoms with Gasteiger partial charge in [-0.2, -0.15) is 4.98 Å². The second kappa shape index (κ2) is 7.12. The molecule has 0 spiro atoms. The largest absolute Gasteiger partial charge is 0.367 e. The molecule has 1 unspecified atom stereocenters. The predicted molar refractivity (Wildman–Crippen MR) is 83.1 cm³/mol. The molecule has 0 bridgehead atoms. The molecule has 1 aliphatic heterocycles. The molecule has 8 nitrogen and oxygen atoms in total. The third-order valence-corrected chi connectivity index (χ3v) is 4.25. The molecular formula is C16H22N4O4. The third-order valence-electron chi connectivity index (χ3n) is 4.25. The van der Waals surface area contributed by atoms with Gasteiger partial charge in [0.05, 0.1) is 18.2 Å². The maximum Gasteiger partial charge on any atom is 0.252 e. The van der Waals surface area contributed by atoms with Gasteiger partial charge in [0.2, 0.25) is 5.91 Å². The van der Waals surface area contributed by atoms with Crippen LogP contribution >= 0.6 is 0 Å². The van der Waals surface area contributed by atoms with Gasteiger partial charge in [0, 0.05) is 18.7 Å². The van der Waals surface area contributed by atoms with E-state index in [1.54, 1.807) is 6.92 Å². The second-order valence-electron chi connectivity index (χ2n) is 6.13. The molecule has 130 valence electrons. The molecule has 2 aromatic heterocycles. The molecule has 1 aliphatic rings. The van der Waals surface area contributed by atoms with Gasteiger partial charge in [0.1, 0.15) is 12.4 Å². The zero-order chi connectivity index (χ0) is 17.1. The Morgan fingerprint density at radius 2 is 2.12 bits per heavy atom. The molecule has 1 atom stereocenters. The van der Waals surface area contributed by atoms with Gasteiger partial charge in [-0.3, -0.25) is 4.79 Å². The molecule has 0 saturated carbocycles. The van der Waals surface area contributed by atoms with Crippen molar-refractivity contribution >= 4 is 5.91 Å². The lowest BCUT2D eigenvalue weighted by molar-refractivity contribution is -0.135. The number of aromatic nitrogens is 3. The highest BCUT2D eigenvalue weighted by Gasteiger charge is 2.26. The second-order valence-corrected chi connectivity index (χ2v) is 6.13. The summed E-state index contributed by atoms with van der Waals surface area (Å²) < 4.78 is 16.0. The quantitative estimate of drug-likeness (QED) is 0.822. The van der Waals surface area contributed by atoms with Gasteiger partial charge in [-0.25, -0.2) is 0 Å². The Morgan fingerprint density at radius 3 is 2.79 bits per heavy atom. The van der Waals surface area contributed by atoms with Crippen molar-refractivity contribution in [1.29, 1.82) is 0 Å². The van der Waals surface area contributed by atoms with Gasteiger partial charge < -0.3 is 18.7 Å². The number of hydrogen-bond acceptors (Lipinski definition) is 7. The number of ether oxygens (including phenoxy) is 1. The zero-order valence-electron chi connectivity index (χ0n) is 14.2. The van der Waals surface area contributed by atoms with Crippen molar-refractivity contribution in [2.24, 2.45) is 0 Å². The van der Waals surface area contributed by atoms with Crippen molar-refractivity contribution in [1.82, 2.24) is 20.2 Å². The summed E-state index contributed by atoms with van der Waals surface area (Å²) in [5.41, 5.74) is 1.65. The Balaban J connectivity index is 1.53.